The first-order valence-electron chi connectivity index (χ1n) is 7.05. The van der Waals surface area contributed by atoms with Crippen molar-refractivity contribution in [1.82, 2.24) is 0 Å². The number of alkyl halides is 2. The predicted molar refractivity (Wildman–Crippen MR) is 84.9 cm³/mol. The minimum absolute atomic E-state index is 0.427. The van der Waals surface area contributed by atoms with Crippen molar-refractivity contribution in [2.75, 3.05) is 0 Å². The second-order valence-electron chi connectivity index (χ2n) is 5.14. The Morgan fingerprint density at radius 3 is 1.71 bits per heavy atom. The van der Waals surface area contributed by atoms with Gasteiger partial charge in [-0.2, -0.15) is 0 Å². The van der Waals surface area contributed by atoms with E-state index in [9.17, 15) is 9.36 Å². The number of rotatable bonds is 9. The summed E-state index contributed by atoms with van der Waals surface area (Å²) in [4.78, 5) is 12.0. The summed E-state index contributed by atoms with van der Waals surface area (Å²) < 4.78 is 26.3. The molecule has 0 aliphatic heterocycles. The van der Waals surface area contributed by atoms with Gasteiger partial charge in [0, 0.05) is 0 Å². The van der Waals surface area contributed by atoms with Gasteiger partial charge in [-0.1, -0.05) is 37.0 Å². The van der Waals surface area contributed by atoms with Crippen molar-refractivity contribution in [3.63, 3.8) is 0 Å². The Labute approximate surface area is 137 Å². The van der Waals surface area contributed by atoms with Crippen LogP contribution in [0.4, 0.5) is 0 Å². The molecule has 8 heteroatoms. The van der Waals surface area contributed by atoms with Crippen molar-refractivity contribution in [2.45, 2.75) is 76.8 Å². The standard InChI is InChI=1S/C13H25Cl2O5P/c1-7-10(5)19-21(17,20-11(6)8-2)13(14,15)12(16)18-9(3)4/h9-11H,7-8H2,1-6H3. The van der Waals surface area contributed by atoms with E-state index in [2.05, 4.69) is 0 Å². The number of hydrogen-bond donors (Lipinski definition) is 0. The second kappa shape index (κ2) is 8.73. The van der Waals surface area contributed by atoms with E-state index in [1.54, 1.807) is 27.7 Å². The summed E-state index contributed by atoms with van der Waals surface area (Å²) in [6, 6.07) is 0. The molecule has 0 aliphatic carbocycles. The molecule has 2 unspecified atom stereocenters. The van der Waals surface area contributed by atoms with E-state index in [1.807, 2.05) is 13.8 Å². The van der Waals surface area contributed by atoms with Gasteiger partial charge in [-0.05, 0) is 40.5 Å². The summed E-state index contributed by atoms with van der Waals surface area (Å²) in [6.45, 7) is 10.4. The number of ether oxygens (including phenoxy) is 1. The lowest BCUT2D eigenvalue weighted by molar-refractivity contribution is -0.146. The maximum Gasteiger partial charge on any atom is 0.378 e. The van der Waals surface area contributed by atoms with Crippen LogP contribution >= 0.6 is 30.8 Å². The van der Waals surface area contributed by atoms with Crippen LogP contribution in [0.15, 0.2) is 0 Å². The minimum atomic E-state index is -4.12. The number of halogens is 2. The molecule has 0 aromatic carbocycles. The Morgan fingerprint density at radius 2 is 1.43 bits per heavy atom. The fourth-order valence-electron chi connectivity index (χ4n) is 1.18. The van der Waals surface area contributed by atoms with Crippen LogP contribution in [-0.4, -0.2) is 28.4 Å². The zero-order valence-electron chi connectivity index (χ0n) is 13.4. The van der Waals surface area contributed by atoms with Crippen LogP contribution < -0.4 is 0 Å². The molecule has 0 spiro atoms. The Hall–Kier alpha value is 0.200. The third kappa shape index (κ3) is 6.07. The lowest BCUT2D eigenvalue weighted by atomic mass is 10.3. The first-order chi connectivity index (χ1) is 9.50. The number of hydrogen-bond acceptors (Lipinski definition) is 5. The predicted octanol–water partition coefficient (Wildman–Crippen LogP) is 4.89. The molecule has 0 heterocycles. The Bertz CT molecular complexity index is 371. The molecule has 0 N–H and O–H groups in total. The molecule has 5 nitrogen and oxygen atoms in total. The number of esters is 1. The normalized spacial score (nSPS) is 18.1. The molecule has 21 heavy (non-hydrogen) atoms. The molecular formula is C13H25Cl2O5P. The van der Waals surface area contributed by atoms with Gasteiger partial charge in [0.2, 0.25) is 0 Å². The molecule has 0 aromatic rings. The molecule has 0 saturated heterocycles. The molecule has 126 valence electrons. The Balaban J connectivity index is 5.44. The van der Waals surface area contributed by atoms with Crippen LogP contribution in [0.5, 0.6) is 0 Å². The van der Waals surface area contributed by atoms with Gasteiger partial charge in [0.1, 0.15) is 0 Å². The molecule has 0 rings (SSSR count). The SMILES string of the molecule is CCC(C)OP(=O)(OC(C)CC)C(Cl)(Cl)C(=O)OC(C)C. The van der Waals surface area contributed by atoms with E-state index in [0.29, 0.717) is 12.8 Å². The van der Waals surface area contributed by atoms with Crippen molar-refractivity contribution in [3.8, 4) is 0 Å². The molecule has 0 aliphatic rings. The lowest BCUT2D eigenvalue weighted by Gasteiger charge is -2.31. The Morgan fingerprint density at radius 1 is 1.05 bits per heavy atom. The van der Waals surface area contributed by atoms with Crippen LogP contribution in [0, 0.1) is 0 Å². The van der Waals surface area contributed by atoms with E-state index < -0.39 is 36.0 Å². The van der Waals surface area contributed by atoms with Crippen LogP contribution in [0.3, 0.4) is 0 Å². The topological polar surface area (TPSA) is 61.8 Å². The van der Waals surface area contributed by atoms with Gasteiger partial charge < -0.3 is 13.8 Å². The third-order valence-corrected chi connectivity index (χ3v) is 6.42. The van der Waals surface area contributed by atoms with E-state index in [1.165, 1.54) is 0 Å². The summed E-state index contributed by atoms with van der Waals surface area (Å²) in [7, 11) is -4.12. The molecular weight excluding hydrogens is 338 g/mol. The van der Waals surface area contributed by atoms with Gasteiger partial charge in [0.25, 0.3) is 0 Å². The molecule has 0 bridgehead atoms. The highest BCUT2D eigenvalue weighted by Gasteiger charge is 2.58. The first-order valence-corrected chi connectivity index (χ1v) is 9.35. The molecule has 0 fully saturated rings. The van der Waals surface area contributed by atoms with Crippen molar-refractivity contribution >= 4 is 36.8 Å². The van der Waals surface area contributed by atoms with E-state index in [-0.39, 0.29) is 0 Å². The average molecular weight is 363 g/mol. The monoisotopic (exact) mass is 362 g/mol. The maximum atomic E-state index is 13.0. The second-order valence-corrected chi connectivity index (χ2v) is 9.08. The van der Waals surface area contributed by atoms with Gasteiger partial charge in [0.05, 0.1) is 18.3 Å². The third-order valence-electron chi connectivity index (χ3n) is 2.72. The highest BCUT2D eigenvalue weighted by molar-refractivity contribution is 7.61. The molecule has 0 aromatic heterocycles. The van der Waals surface area contributed by atoms with Gasteiger partial charge in [-0.25, -0.2) is 4.79 Å². The zero-order valence-corrected chi connectivity index (χ0v) is 15.8. The lowest BCUT2D eigenvalue weighted by Crippen LogP contribution is -2.34. The summed E-state index contributed by atoms with van der Waals surface area (Å²) in [5.74, 6) is -1.03. The highest BCUT2D eigenvalue weighted by Crippen LogP contribution is 2.66. The first kappa shape index (κ1) is 21.2. The fourth-order valence-corrected chi connectivity index (χ4v) is 3.58. The fraction of sp³-hybridized carbons (Fsp3) is 0.923. The minimum Gasteiger partial charge on any atom is -0.460 e. The van der Waals surface area contributed by atoms with Gasteiger partial charge >= 0.3 is 17.6 Å². The summed E-state index contributed by atoms with van der Waals surface area (Å²) in [6.07, 6.45) is -0.171. The highest BCUT2D eigenvalue weighted by atomic mass is 35.5. The molecule has 0 radical (unpaired) electrons. The number of carbonyl (C=O) groups is 1. The molecule has 0 saturated carbocycles. The van der Waals surface area contributed by atoms with Crippen molar-refractivity contribution in [2.24, 2.45) is 0 Å². The average Bonchev–Trinajstić information content (AvgIpc) is 2.36. The van der Waals surface area contributed by atoms with E-state index in [0.717, 1.165) is 0 Å². The summed E-state index contributed by atoms with van der Waals surface area (Å²) in [5, 5.41) is 0. The summed E-state index contributed by atoms with van der Waals surface area (Å²) in [5.41, 5.74) is 0. The van der Waals surface area contributed by atoms with E-state index in [4.69, 9.17) is 37.0 Å². The Kier molecular flexibility index (Phi) is 8.82. The maximum absolute atomic E-state index is 13.0. The number of carbonyl (C=O) groups excluding carboxylic acids is 1. The van der Waals surface area contributed by atoms with Crippen LogP contribution in [0.1, 0.15) is 54.4 Å². The quantitative estimate of drug-likeness (QED) is 0.331. The molecule has 2 atom stereocenters. The molecule has 0 amide bonds. The zero-order chi connectivity index (χ0) is 16.8. The van der Waals surface area contributed by atoms with Gasteiger partial charge in [-0.15, -0.1) is 0 Å². The smallest absolute Gasteiger partial charge is 0.378 e. The van der Waals surface area contributed by atoms with Crippen molar-refractivity contribution < 1.29 is 23.1 Å². The summed E-state index contributed by atoms with van der Waals surface area (Å²) >= 11 is 12.0. The van der Waals surface area contributed by atoms with Crippen LogP contribution in [-0.2, 0) is 23.1 Å². The van der Waals surface area contributed by atoms with Crippen molar-refractivity contribution in [3.05, 3.63) is 0 Å². The van der Waals surface area contributed by atoms with Crippen molar-refractivity contribution in [1.29, 1.82) is 0 Å². The van der Waals surface area contributed by atoms with Gasteiger partial charge in [-0.3, -0.25) is 4.57 Å². The van der Waals surface area contributed by atoms with Crippen LogP contribution in [0.25, 0.3) is 0 Å². The van der Waals surface area contributed by atoms with Gasteiger partial charge in [0.15, 0.2) is 0 Å². The largest absolute Gasteiger partial charge is 0.460 e. The van der Waals surface area contributed by atoms with E-state index >= 15 is 0 Å². The van der Waals surface area contributed by atoms with Crippen LogP contribution in [0.2, 0.25) is 0 Å².